The van der Waals surface area contributed by atoms with E-state index < -0.39 is 0 Å². The van der Waals surface area contributed by atoms with Gasteiger partial charge < -0.3 is 20.5 Å². The van der Waals surface area contributed by atoms with E-state index in [0.717, 1.165) is 37.1 Å². The Hall–Kier alpha value is -2.86. The summed E-state index contributed by atoms with van der Waals surface area (Å²) < 4.78 is 0. The Morgan fingerprint density at radius 2 is 2.00 bits per heavy atom. The second kappa shape index (κ2) is 9.19. The van der Waals surface area contributed by atoms with Gasteiger partial charge in [-0.25, -0.2) is 4.98 Å². The van der Waals surface area contributed by atoms with Crippen molar-refractivity contribution in [2.45, 2.75) is 12.8 Å². The average molecular weight is 365 g/mol. The zero-order chi connectivity index (χ0) is 19.1. The summed E-state index contributed by atoms with van der Waals surface area (Å²) in [5.41, 5.74) is 3.82. The smallest absolute Gasteiger partial charge is 0.269 e. The Kier molecular flexibility index (Phi) is 6.44. The fraction of sp³-hybridized carbons (Fsp3) is 0.333. The molecule has 2 heterocycles. The van der Waals surface area contributed by atoms with Crippen LogP contribution in [0.4, 0.5) is 5.69 Å². The van der Waals surface area contributed by atoms with Crippen molar-refractivity contribution in [2.24, 2.45) is 0 Å². The quantitative estimate of drug-likeness (QED) is 0.510. The Bertz CT molecular complexity index is 870. The molecule has 1 aromatic carbocycles. The van der Waals surface area contributed by atoms with Crippen molar-refractivity contribution >= 4 is 22.5 Å². The predicted octanol–water partition coefficient (Wildman–Crippen LogP) is 2.90. The SMILES string of the molecule is CN(C)CCCNC(=O)c1ccc(NCCc2c[nH]c3ccccc23)cn1. The van der Waals surface area contributed by atoms with Crippen LogP contribution in [0.2, 0.25) is 0 Å². The number of nitrogens with one attached hydrogen (secondary N) is 3. The van der Waals surface area contributed by atoms with E-state index in [0.29, 0.717) is 12.2 Å². The van der Waals surface area contributed by atoms with Crippen LogP contribution in [-0.2, 0) is 6.42 Å². The van der Waals surface area contributed by atoms with Crippen LogP contribution in [0.25, 0.3) is 10.9 Å². The number of anilines is 1. The molecule has 6 heteroatoms. The third-order valence-corrected chi connectivity index (χ3v) is 4.46. The fourth-order valence-corrected chi connectivity index (χ4v) is 3.00. The molecule has 0 bridgehead atoms. The molecule has 3 rings (SSSR count). The first kappa shape index (κ1) is 18.9. The molecular formula is C21H27N5O. The molecule has 142 valence electrons. The van der Waals surface area contributed by atoms with Gasteiger partial charge >= 0.3 is 0 Å². The van der Waals surface area contributed by atoms with E-state index in [-0.39, 0.29) is 5.91 Å². The van der Waals surface area contributed by atoms with Crippen molar-refractivity contribution in [1.82, 2.24) is 20.2 Å². The number of hydrogen-bond acceptors (Lipinski definition) is 4. The van der Waals surface area contributed by atoms with Crippen molar-refractivity contribution in [1.29, 1.82) is 0 Å². The van der Waals surface area contributed by atoms with Gasteiger partial charge in [0.05, 0.1) is 11.9 Å². The van der Waals surface area contributed by atoms with E-state index >= 15 is 0 Å². The maximum Gasteiger partial charge on any atom is 0.269 e. The van der Waals surface area contributed by atoms with Crippen molar-refractivity contribution in [3.8, 4) is 0 Å². The number of carbonyl (C=O) groups excluding carboxylic acids is 1. The van der Waals surface area contributed by atoms with Crippen LogP contribution >= 0.6 is 0 Å². The van der Waals surface area contributed by atoms with Crippen molar-refractivity contribution in [3.05, 3.63) is 60.0 Å². The topological polar surface area (TPSA) is 73.1 Å². The number of amides is 1. The Balaban J connectivity index is 1.45. The van der Waals surface area contributed by atoms with Crippen LogP contribution in [0.5, 0.6) is 0 Å². The van der Waals surface area contributed by atoms with Gasteiger partial charge in [0.1, 0.15) is 5.69 Å². The van der Waals surface area contributed by atoms with Crippen molar-refractivity contribution < 1.29 is 4.79 Å². The van der Waals surface area contributed by atoms with Gasteiger partial charge in [0, 0.05) is 30.2 Å². The van der Waals surface area contributed by atoms with Gasteiger partial charge in [0.15, 0.2) is 0 Å². The molecule has 0 aliphatic rings. The lowest BCUT2D eigenvalue weighted by Crippen LogP contribution is -2.27. The Labute approximate surface area is 160 Å². The third kappa shape index (κ3) is 5.31. The average Bonchev–Trinajstić information content (AvgIpc) is 3.09. The molecule has 0 radical (unpaired) electrons. The molecule has 2 aromatic heterocycles. The third-order valence-electron chi connectivity index (χ3n) is 4.46. The molecule has 0 saturated carbocycles. The highest BCUT2D eigenvalue weighted by Crippen LogP contribution is 2.18. The van der Waals surface area contributed by atoms with E-state index in [4.69, 9.17) is 0 Å². The van der Waals surface area contributed by atoms with E-state index in [2.05, 4.69) is 49.9 Å². The van der Waals surface area contributed by atoms with Crippen LogP contribution in [0.3, 0.4) is 0 Å². The van der Waals surface area contributed by atoms with Crippen LogP contribution in [-0.4, -0.2) is 54.5 Å². The van der Waals surface area contributed by atoms with Crippen molar-refractivity contribution in [2.75, 3.05) is 39.0 Å². The second-order valence-corrected chi connectivity index (χ2v) is 6.88. The van der Waals surface area contributed by atoms with Gasteiger partial charge in [-0.1, -0.05) is 18.2 Å². The van der Waals surface area contributed by atoms with Crippen LogP contribution < -0.4 is 10.6 Å². The number of aromatic amines is 1. The largest absolute Gasteiger partial charge is 0.383 e. The molecule has 0 saturated heterocycles. The standard InChI is InChI=1S/C21H27N5O/c1-26(2)13-5-11-23-21(27)20-9-8-17(15-25-20)22-12-10-16-14-24-19-7-4-3-6-18(16)19/h3-4,6-9,14-15,22,24H,5,10-13H2,1-2H3,(H,23,27). The summed E-state index contributed by atoms with van der Waals surface area (Å²) in [5, 5.41) is 7.53. The summed E-state index contributed by atoms with van der Waals surface area (Å²) in [4.78, 5) is 21.7. The zero-order valence-corrected chi connectivity index (χ0v) is 16.0. The maximum absolute atomic E-state index is 12.1. The van der Waals surface area contributed by atoms with Crippen LogP contribution in [0.15, 0.2) is 48.8 Å². The Morgan fingerprint density at radius 3 is 2.78 bits per heavy atom. The number of pyridine rings is 1. The molecule has 0 aliphatic carbocycles. The summed E-state index contributed by atoms with van der Waals surface area (Å²) in [5.74, 6) is -0.126. The first-order valence-corrected chi connectivity index (χ1v) is 9.31. The number of aromatic nitrogens is 2. The number of rotatable bonds is 9. The first-order valence-electron chi connectivity index (χ1n) is 9.31. The van der Waals surface area contributed by atoms with Gasteiger partial charge in [-0.3, -0.25) is 4.79 Å². The van der Waals surface area contributed by atoms with E-state index in [9.17, 15) is 4.79 Å². The van der Waals surface area contributed by atoms with Crippen LogP contribution in [0.1, 0.15) is 22.5 Å². The highest BCUT2D eigenvalue weighted by Gasteiger charge is 2.07. The lowest BCUT2D eigenvalue weighted by molar-refractivity contribution is 0.0947. The monoisotopic (exact) mass is 365 g/mol. The summed E-state index contributed by atoms with van der Waals surface area (Å²) in [6, 6.07) is 12.0. The Morgan fingerprint density at radius 1 is 1.15 bits per heavy atom. The van der Waals surface area contributed by atoms with Gasteiger partial charge in [-0.15, -0.1) is 0 Å². The summed E-state index contributed by atoms with van der Waals surface area (Å²) >= 11 is 0. The number of para-hydroxylation sites is 1. The fourth-order valence-electron chi connectivity index (χ4n) is 3.00. The van der Waals surface area contributed by atoms with Crippen LogP contribution in [0, 0.1) is 0 Å². The molecule has 0 spiro atoms. The predicted molar refractivity (Wildman–Crippen MR) is 110 cm³/mol. The molecule has 0 aliphatic heterocycles. The summed E-state index contributed by atoms with van der Waals surface area (Å²) in [6.45, 7) is 2.41. The van der Waals surface area contributed by atoms with E-state index in [1.165, 1.54) is 10.9 Å². The summed E-state index contributed by atoms with van der Waals surface area (Å²) in [7, 11) is 4.04. The lowest BCUT2D eigenvalue weighted by Gasteiger charge is -2.10. The molecular weight excluding hydrogens is 338 g/mol. The zero-order valence-electron chi connectivity index (χ0n) is 16.0. The molecule has 3 aromatic rings. The molecule has 3 N–H and O–H groups in total. The minimum absolute atomic E-state index is 0.126. The number of fused-ring (bicyclic) bond motifs is 1. The normalized spacial score (nSPS) is 11.1. The molecule has 6 nitrogen and oxygen atoms in total. The lowest BCUT2D eigenvalue weighted by atomic mass is 10.1. The minimum atomic E-state index is -0.126. The molecule has 0 atom stereocenters. The minimum Gasteiger partial charge on any atom is -0.383 e. The maximum atomic E-state index is 12.1. The van der Waals surface area contributed by atoms with Crippen molar-refractivity contribution in [3.63, 3.8) is 0 Å². The molecule has 0 unspecified atom stereocenters. The van der Waals surface area contributed by atoms with Gasteiger partial charge in [-0.05, 0) is 57.2 Å². The van der Waals surface area contributed by atoms with Gasteiger partial charge in [0.25, 0.3) is 5.91 Å². The number of benzene rings is 1. The first-order chi connectivity index (χ1) is 13.1. The highest BCUT2D eigenvalue weighted by atomic mass is 16.1. The van der Waals surface area contributed by atoms with E-state index in [1.54, 1.807) is 12.3 Å². The molecule has 27 heavy (non-hydrogen) atoms. The number of hydrogen-bond donors (Lipinski definition) is 3. The number of H-pyrrole nitrogens is 1. The highest BCUT2D eigenvalue weighted by molar-refractivity contribution is 5.92. The number of carbonyl (C=O) groups is 1. The van der Waals surface area contributed by atoms with E-state index in [1.807, 2.05) is 26.2 Å². The molecule has 0 fully saturated rings. The molecule has 1 amide bonds. The van der Waals surface area contributed by atoms with Gasteiger partial charge in [0.2, 0.25) is 0 Å². The number of nitrogens with zero attached hydrogens (tertiary/aromatic N) is 2. The van der Waals surface area contributed by atoms with Gasteiger partial charge in [-0.2, -0.15) is 0 Å². The summed E-state index contributed by atoms with van der Waals surface area (Å²) in [6.07, 6.45) is 5.61. The second-order valence-electron chi connectivity index (χ2n) is 6.88.